The van der Waals surface area contributed by atoms with Gasteiger partial charge in [-0.3, -0.25) is 15.1 Å². The molecule has 1 aliphatic rings. The summed E-state index contributed by atoms with van der Waals surface area (Å²) in [7, 11) is 0. The fraction of sp³-hybridized carbons (Fsp3) is 0.889. The van der Waals surface area contributed by atoms with Crippen molar-refractivity contribution in [2.75, 3.05) is 13.1 Å². The maximum Gasteiger partial charge on any atom is 0.248 e. The Morgan fingerprint density at radius 1 is 1.62 bits per heavy atom. The molecule has 4 heteroatoms. The van der Waals surface area contributed by atoms with Crippen LogP contribution in [0.1, 0.15) is 26.7 Å². The lowest BCUT2D eigenvalue weighted by Crippen LogP contribution is -2.43. The minimum atomic E-state index is -0.102. The highest BCUT2D eigenvalue weighted by Crippen LogP contribution is 2.30. The summed E-state index contributed by atoms with van der Waals surface area (Å²) in [5.41, 5.74) is 2.16. The van der Waals surface area contributed by atoms with Crippen LogP contribution < -0.4 is 11.3 Å². The zero-order chi connectivity index (χ0) is 9.84. The molecular formula is C9H19N3O. The average Bonchev–Trinajstić information content (AvgIpc) is 2.86. The standard InChI is InChI=1S/C9H19N3O/c1-7(2)12(5-8-3-4-8)6-9(13)11-10/h7-8H,3-6,10H2,1-2H3,(H,11,13). The second-order valence-electron chi connectivity index (χ2n) is 4.03. The van der Waals surface area contributed by atoms with Crippen molar-refractivity contribution in [1.82, 2.24) is 10.3 Å². The van der Waals surface area contributed by atoms with Crippen molar-refractivity contribution in [3.63, 3.8) is 0 Å². The number of rotatable bonds is 5. The van der Waals surface area contributed by atoms with Crippen LogP contribution in [-0.2, 0) is 4.79 Å². The maximum absolute atomic E-state index is 11.1. The summed E-state index contributed by atoms with van der Waals surface area (Å²) in [5.74, 6) is 5.75. The number of hydrazine groups is 1. The lowest BCUT2D eigenvalue weighted by Gasteiger charge is -2.25. The Hall–Kier alpha value is -0.610. The summed E-state index contributed by atoms with van der Waals surface area (Å²) >= 11 is 0. The normalized spacial score (nSPS) is 16.7. The Morgan fingerprint density at radius 2 is 2.23 bits per heavy atom. The van der Waals surface area contributed by atoms with E-state index in [2.05, 4.69) is 24.2 Å². The first kappa shape index (κ1) is 10.5. The largest absolute Gasteiger partial charge is 0.293 e. The number of nitrogens with zero attached hydrogens (tertiary/aromatic N) is 1. The van der Waals surface area contributed by atoms with Gasteiger partial charge in [0.1, 0.15) is 0 Å². The molecule has 4 nitrogen and oxygen atoms in total. The third kappa shape index (κ3) is 3.74. The molecule has 1 saturated carbocycles. The molecule has 0 aromatic heterocycles. The molecule has 0 bridgehead atoms. The topological polar surface area (TPSA) is 58.4 Å². The highest BCUT2D eigenvalue weighted by Gasteiger charge is 2.26. The number of hydrogen-bond acceptors (Lipinski definition) is 3. The van der Waals surface area contributed by atoms with Gasteiger partial charge in [-0.05, 0) is 32.6 Å². The van der Waals surface area contributed by atoms with Gasteiger partial charge in [-0.25, -0.2) is 5.84 Å². The van der Waals surface area contributed by atoms with Crippen molar-refractivity contribution in [1.29, 1.82) is 0 Å². The molecule has 3 N–H and O–H groups in total. The number of nitrogens with one attached hydrogen (secondary N) is 1. The van der Waals surface area contributed by atoms with Crippen LogP contribution in [0.3, 0.4) is 0 Å². The molecule has 0 saturated heterocycles. The van der Waals surface area contributed by atoms with Crippen LogP contribution in [0, 0.1) is 5.92 Å². The molecule has 13 heavy (non-hydrogen) atoms. The van der Waals surface area contributed by atoms with Crippen molar-refractivity contribution >= 4 is 5.91 Å². The van der Waals surface area contributed by atoms with Gasteiger partial charge in [-0.1, -0.05) is 0 Å². The van der Waals surface area contributed by atoms with E-state index in [1.807, 2.05) is 0 Å². The van der Waals surface area contributed by atoms with E-state index in [1.165, 1.54) is 12.8 Å². The SMILES string of the molecule is CC(C)N(CC(=O)NN)CC1CC1. The third-order valence-electron chi connectivity index (χ3n) is 2.43. The highest BCUT2D eigenvalue weighted by molar-refractivity contribution is 5.77. The van der Waals surface area contributed by atoms with Gasteiger partial charge < -0.3 is 0 Å². The van der Waals surface area contributed by atoms with Crippen LogP contribution in [0.5, 0.6) is 0 Å². The lowest BCUT2D eigenvalue weighted by molar-refractivity contribution is -0.122. The average molecular weight is 185 g/mol. The Kier molecular flexibility index (Phi) is 3.69. The molecule has 0 aromatic rings. The first-order valence-corrected chi connectivity index (χ1v) is 4.87. The van der Waals surface area contributed by atoms with E-state index in [0.29, 0.717) is 12.6 Å². The summed E-state index contributed by atoms with van der Waals surface area (Å²) < 4.78 is 0. The number of carbonyl (C=O) groups excluding carboxylic acids is 1. The van der Waals surface area contributed by atoms with Crippen LogP contribution in [-0.4, -0.2) is 29.9 Å². The molecule has 1 rings (SSSR count). The zero-order valence-electron chi connectivity index (χ0n) is 8.42. The molecule has 1 fully saturated rings. The Bertz CT molecular complexity index is 178. The van der Waals surface area contributed by atoms with Gasteiger partial charge in [-0.2, -0.15) is 0 Å². The molecule has 0 atom stereocenters. The predicted molar refractivity (Wildman–Crippen MR) is 51.8 cm³/mol. The van der Waals surface area contributed by atoms with Crippen molar-refractivity contribution < 1.29 is 4.79 Å². The van der Waals surface area contributed by atoms with Crippen LogP contribution >= 0.6 is 0 Å². The van der Waals surface area contributed by atoms with Gasteiger partial charge in [0, 0.05) is 12.6 Å². The summed E-state index contributed by atoms with van der Waals surface area (Å²) in [6.07, 6.45) is 2.63. The monoisotopic (exact) mass is 185 g/mol. The Balaban J connectivity index is 2.31. The van der Waals surface area contributed by atoms with E-state index in [9.17, 15) is 4.79 Å². The first-order valence-electron chi connectivity index (χ1n) is 4.87. The molecule has 0 spiro atoms. The second kappa shape index (κ2) is 4.58. The molecular weight excluding hydrogens is 166 g/mol. The summed E-state index contributed by atoms with van der Waals surface area (Å²) in [6, 6.07) is 0.415. The molecule has 0 aromatic carbocycles. The van der Waals surface area contributed by atoms with Gasteiger partial charge >= 0.3 is 0 Å². The fourth-order valence-electron chi connectivity index (χ4n) is 1.32. The van der Waals surface area contributed by atoms with E-state index < -0.39 is 0 Å². The van der Waals surface area contributed by atoms with Crippen molar-refractivity contribution in [3.8, 4) is 0 Å². The van der Waals surface area contributed by atoms with Crippen LogP contribution in [0.4, 0.5) is 0 Å². The van der Waals surface area contributed by atoms with Crippen LogP contribution in [0.2, 0.25) is 0 Å². The molecule has 0 radical (unpaired) electrons. The summed E-state index contributed by atoms with van der Waals surface area (Å²) in [4.78, 5) is 13.2. The number of nitrogens with two attached hydrogens (primary N) is 1. The van der Waals surface area contributed by atoms with Crippen molar-refractivity contribution in [2.24, 2.45) is 11.8 Å². The minimum absolute atomic E-state index is 0.102. The number of amides is 1. The van der Waals surface area contributed by atoms with Gasteiger partial charge in [0.25, 0.3) is 0 Å². The van der Waals surface area contributed by atoms with Crippen LogP contribution in [0.15, 0.2) is 0 Å². The van der Waals surface area contributed by atoms with Crippen molar-refractivity contribution in [2.45, 2.75) is 32.7 Å². The van der Waals surface area contributed by atoms with E-state index >= 15 is 0 Å². The minimum Gasteiger partial charge on any atom is -0.293 e. The van der Waals surface area contributed by atoms with E-state index in [4.69, 9.17) is 5.84 Å². The third-order valence-corrected chi connectivity index (χ3v) is 2.43. The molecule has 76 valence electrons. The molecule has 0 aliphatic heterocycles. The second-order valence-corrected chi connectivity index (χ2v) is 4.03. The van der Waals surface area contributed by atoms with Crippen molar-refractivity contribution in [3.05, 3.63) is 0 Å². The maximum atomic E-state index is 11.1. The zero-order valence-corrected chi connectivity index (χ0v) is 8.42. The van der Waals surface area contributed by atoms with E-state index in [1.54, 1.807) is 0 Å². The van der Waals surface area contributed by atoms with Gasteiger partial charge in [0.2, 0.25) is 5.91 Å². The number of hydrogen-bond donors (Lipinski definition) is 2. The lowest BCUT2D eigenvalue weighted by atomic mass is 10.2. The number of carbonyl (C=O) groups is 1. The van der Waals surface area contributed by atoms with Gasteiger partial charge in [0.15, 0.2) is 0 Å². The predicted octanol–water partition coefficient (Wildman–Crippen LogP) is 0.0967. The first-order chi connectivity index (χ1) is 6.13. The quantitative estimate of drug-likeness (QED) is 0.363. The smallest absolute Gasteiger partial charge is 0.248 e. The van der Waals surface area contributed by atoms with E-state index in [-0.39, 0.29) is 5.91 Å². The molecule has 0 heterocycles. The van der Waals surface area contributed by atoms with Crippen LogP contribution in [0.25, 0.3) is 0 Å². The summed E-state index contributed by atoms with van der Waals surface area (Å²) in [6.45, 7) is 5.66. The highest BCUT2D eigenvalue weighted by atomic mass is 16.2. The van der Waals surface area contributed by atoms with Gasteiger partial charge in [0.05, 0.1) is 6.54 Å². The molecule has 1 amide bonds. The Morgan fingerprint density at radius 3 is 2.62 bits per heavy atom. The Labute approximate surface area is 79.4 Å². The summed E-state index contributed by atoms with van der Waals surface area (Å²) in [5, 5.41) is 0. The van der Waals surface area contributed by atoms with E-state index in [0.717, 1.165) is 12.5 Å². The molecule has 0 unspecified atom stereocenters. The molecule has 1 aliphatic carbocycles. The van der Waals surface area contributed by atoms with Gasteiger partial charge in [-0.15, -0.1) is 0 Å². The fourth-order valence-corrected chi connectivity index (χ4v) is 1.32.